The van der Waals surface area contributed by atoms with Crippen molar-refractivity contribution in [3.63, 3.8) is 0 Å². The molecule has 2 heterocycles. The van der Waals surface area contributed by atoms with Crippen molar-refractivity contribution in [3.8, 4) is 0 Å². The van der Waals surface area contributed by atoms with Gasteiger partial charge in [0.05, 0.1) is 0 Å². The zero-order chi connectivity index (χ0) is 12.8. The molecular formula is C16H20N2S. The lowest BCUT2D eigenvalue weighted by Gasteiger charge is -2.40. The smallest absolute Gasteiger partial charge is 0.0387 e. The minimum Gasteiger partial charge on any atom is -0.366 e. The van der Waals surface area contributed by atoms with Crippen LogP contribution in [0.5, 0.6) is 0 Å². The predicted octanol–water partition coefficient (Wildman–Crippen LogP) is 3.48. The molecule has 3 heteroatoms. The van der Waals surface area contributed by atoms with E-state index >= 15 is 0 Å². The summed E-state index contributed by atoms with van der Waals surface area (Å²) in [7, 11) is 0. The third kappa shape index (κ3) is 2.15. The van der Waals surface area contributed by atoms with Crippen LogP contribution in [-0.2, 0) is 0 Å². The number of piperazine rings is 1. The maximum Gasteiger partial charge on any atom is 0.0387 e. The number of fused-ring (bicyclic) bond motifs is 1. The van der Waals surface area contributed by atoms with E-state index in [2.05, 4.69) is 46.8 Å². The summed E-state index contributed by atoms with van der Waals surface area (Å²) < 4.78 is 1.39. The minimum atomic E-state index is 0.589. The Bertz CT molecular complexity index is 587. The molecule has 1 aliphatic carbocycles. The summed E-state index contributed by atoms with van der Waals surface area (Å²) >= 11 is 1.83. The van der Waals surface area contributed by atoms with Crippen LogP contribution in [0.4, 0.5) is 5.69 Å². The molecule has 2 aliphatic rings. The van der Waals surface area contributed by atoms with Crippen molar-refractivity contribution in [1.29, 1.82) is 0 Å². The second kappa shape index (κ2) is 4.50. The predicted molar refractivity (Wildman–Crippen MR) is 83.1 cm³/mol. The Morgan fingerprint density at radius 2 is 2.16 bits per heavy atom. The monoisotopic (exact) mass is 272 g/mol. The van der Waals surface area contributed by atoms with Gasteiger partial charge in [0, 0.05) is 35.6 Å². The molecule has 1 aliphatic heterocycles. The van der Waals surface area contributed by atoms with Crippen LogP contribution >= 0.6 is 11.3 Å². The Balaban J connectivity index is 1.64. The number of hydrogen-bond acceptors (Lipinski definition) is 3. The van der Waals surface area contributed by atoms with Crippen LogP contribution < -0.4 is 10.2 Å². The van der Waals surface area contributed by atoms with Gasteiger partial charge in [0.15, 0.2) is 0 Å². The number of thiophene rings is 1. The van der Waals surface area contributed by atoms with Gasteiger partial charge in [0.2, 0.25) is 0 Å². The van der Waals surface area contributed by atoms with Gasteiger partial charge in [0.1, 0.15) is 0 Å². The maximum absolute atomic E-state index is 3.72. The van der Waals surface area contributed by atoms with E-state index in [1.165, 1.54) is 35.2 Å². The molecule has 2 nitrogen and oxygen atoms in total. The third-order valence-corrected chi connectivity index (χ3v) is 5.46. The Labute approximate surface area is 118 Å². The van der Waals surface area contributed by atoms with Gasteiger partial charge in [-0.05, 0) is 60.7 Å². The fraction of sp³-hybridized carbons (Fsp3) is 0.500. The summed E-state index contributed by atoms with van der Waals surface area (Å²) in [5.74, 6) is 0.930. The molecule has 1 saturated heterocycles. The molecule has 2 atom stereocenters. The van der Waals surface area contributed by atoms with Gasteiger partial charge in [-0.15, -0.1) is 11.3 Å². The zero-order valence-electron chi connectivity index (χ0n) is 11.3. The van der Waals surface area contributed by atoms with E-state index in [-0.39, 0.29) is 0 Å². The number of benzene rings is 1. The highest BCUT2D eigenvalue weighted by Gasteiger charge is 2.36. The van der Waals surface area contributed by atoms with Crippen molar-refractivity contribution in [2.24, 2.45) is 5.92 Å². The number of rotatable bonds is 2. The highest BCUT2D eigenvalue weighted by atomic mass is 32.1. The quantitative estimate of drug-likeness (QED) is 0.900. The largest absolute Gasteiger partial charge is 0.366 e. The number of nitrogens with zero attached hydrogens (tertiary/aromatic N) is 1. The molecule has 2 aromatic rings. The van der Waals surface area contributed by atoms with Gasteiger partial charge in [-0.1, -0.05) is 0 Å². The molecule has 0 bridgehead atoms. The van der Waals surface area contributed by atoms with E-state index in [9.17, 15) is 0 Å². The standard InChI is InChI=1S/C16H20N2S/c1-11-9-17-15(12-2-3-12)10-18(11)14-4-5-16-13(8-14)6-7-19-16/h4-8,11-12,15,17H,2-3,9-10H2,1H3. The van der Waals surface area contributed by atoms with Crippen molar-refractivity contribution < 1.29 is 0 Å². The van der Waals surface area contributed by atoms with E-state index in [0.29, 0.717) is 12.1 Å². The molecule has 1 N–H and O–H groups in total. The van der Waals surface area contributed by atoms with Crippen LogP contribution in [0.2, 0.25) is 0 Å². The van der Waals surface area contributed by atoms with Crippen molar-refractivity contribution >= 4 is 27.1 Å². The zero-order valence-corrected chi connectivity index (χ0v) is 12.1. The Kier molecular flexibility index (Phi) is 2.78. The molecule has 0 radical (unpaired) electrons. The van der Waals surface area contributed by atoms with Gasteiger partial charge in [0.25, 0.3) is 0 Å². The fourth-order valence-electron chi connectivity index (χ4n) is 3.20. The van der Waals surface area contributed by atoms with Crippen LogP contribution in [-0.4, -0.2) is 25.2 Å². The molecule has 100 valence electrons. The van der Waals surface area contributed by atoms with Crippen LogP contribution in [0.3, 0.4) is 0 Å². The van der Waals surface area contributed by atoms with Gasteiger partial charge in [-0.25, -0.2) is 0 Å². The maximum atomic E-state index is 3.72. The lowest BCUT2D eigenvalue weighted by atomic mass is 10.0. The molecule has 0 spiro atoms. The second-order valence-corrected chi connectivity index (χ2v) is 6.94. The first-order valence-electron chi connectivity index (χ1n) is 7.28. The molecule has 19 heavy (non-hydrogen) atoms. The van der Waals surface area contributed by atoms with E-state index in [1.807, 2.05) is 11.3 Å². The lowest BCUT2D eigenvalue weighted by molar-refractivity contribution is 0.376. The lowest BCUT2D eigenvalue weighted by Crippen LogP contribution is -2.56. The first-order valence-corrected chi connectivity index (χ1v) is 8.16. The van der Waals surface area contributed by atoms with Gasteiger partial charge in [-0.3, -0.25) is 0 Å². The summed E-state index contributed by atoms with van der Waals surface area (Å²) in [4.78, 5) is 2.59. The average Bonchev–Trinajstić information content (AvgIpc) is 3.17. The highest BCUT2D eigenvalue weighted by Crippen LogP contribution is 2.36. The molecular weight excluding hydrogens is 252 g/mol. The summed E-state index contributed by atoms with van der Waals surface area (Å²) in [5, 5.41) is 7.29. The first kappa shape index (κ1) is 11.7. The number of nitrogens with one attached hydrogen (secondary N) is 1. The topological polar surface area (TPSA) is 15.3 Å². The molecule has 0 amide bonds. The van der Waals surface area contributed by atoms with Crippen LogP contribution in [0, 0.1) is 5.92 Å². The molecule has 1 saturated carbocycles. The summed E-state index contributed by atoms with van der Waals surface area (Å²) in [5.41, 5.74) is 1.39. The van der Waals surface area contributed by atoms with Crippen molar-refractivity contribution in [2.75, 3.05) is 18.0 Å². The van der Waals surface area contributed by atoms with Crippen LogP contribution in [0.15, 0.2) is 29.6 Å². The molecule has 2 fully saturated rings. The Morgan fingerprint density at radius 3 is 3.00 bits per heavy atom. The molecule has 2 unspecified atom stereocenters. The van der Waals surface area contributed by atoms with Crippen LogP contribution in [0.25, 0.3) is 10.1 Å². The van der Waals surface area contributed by atoms with E-state index in [0.717, 1.165) is 12.5 Å². The van der Waals surface area contributed by atoms with E-state index in [1.54, 1.807) is 0 Å². The summed E-state index contributed by atoms with van der Waals surface area (Å²) in [6.07, 6.45) is 2.84. The van der Waals surface area contributed by atoms with Gasteiger partial charge in [-0.2, -0.15) is 0 Å². The SMILES string of the molecule is CC1CNC(C2CC2)CN1c1ccc2sccc2c1. The Hall–Kier alpha value is -1.06. The molecule has 4 rings (SSSR count). The van der Waals surface area contributed by atoms with Crippen molar-refractivity contribution in [2.45, 2.75) is 31.8 Å². The highest BCUT2D eigenvalue weighted by molar-refractivity contribution is 7.17. The van der Waals surface area contributed by atoms with Gasteiger partial charge >= 0.3 is 0 Å². The van der Waals surface area contributed by atoms with Crippen molar-refractivity contribution in [1.82, 2.24) is 5.32 Å². The minimum absolute atomic E-state index is 0.589. The summed E-state index contributed by atoms with van der Waals surface area (Å²) in [6.45, 7) is 4.61. The van der Waals surface area contributed by atoms with Gasteiger partial charge < -0.3 is 10.2 Å². The fourth-order valence-corrected chi connectivity index (χ4v) is 3.97. The number of anilines is 1. The van der Waals surface area contributed by atoms with Crippen molar-refractivity contribution in [3.05, 3.63) is 29.6 Å². The normalized spacial score (nSPS) is 27.9. The molecule has 1 aromatic carbocycles. The second-order valence-electron chi connectivity index (χ2n) is 6.00. The first-order chi connectivity index (χ1) is 9.31. The molecule has 1 aromatic heterocycles. The Morgan fingerprint density at radius 1 is 1.26 bits per heavy atom. The summed E-state index contributed by atoms with van der Waals surface area (Å²) in [6, 6.07) is 10.5. The average molecular weight is 272 g/mol. The van der Waals surface area contributed by atoms with E-state index in [4.69, 9.17) is 0 Å². The third-order valence-electron chi connectivity index (χ3n) is 4.56. The number of hydrogen-bond donors (Lipinski definition) is 1. The van der Waals surface area contributed by atoms with E-state index < -0.39 is 0 Å². The van der Waals surface area contributed by atoms with Crippen LogP contribution in [0.1, 0.15) is 19.8 Å².